The molecule has 4 aliphatic carbocycles. The van der Waals surface area contributed by atoms with Gasteiger partial charge in [0.15, 0.2) is 0 Å². The molecule has 0 N–H and O–H groups in total. The van der Waals surface area contributed by atoms with Gasteiger partial charge in [-0.25, -0.2) is 0 Å². The zero-order valence-electron chi connectivity index (χ0n) is 47.5. The van der Waals surface area contributed by atoms with E-state index in [0.717, 1.165) is 145 Å². The number of ether oxygens (including phenoxy) is 3. The van der Waals surface area contributed by atoms with E-state index >= 15 is 0 Å². The molecule has 4 aliphatic rings. The molecule has 406 valence electrons. The number of carbonyl (C=O) groups excluding carboxylic acids is 3. The second-order valence-corrected chi connectivity index (χ2v) is 25.1. The van der Waals surface area contributed by atoms with Crippen molar-refractivity contribution < 1.29 is 28.6 Å². The van der Waals surface area contributed by atoms with E-state index in [2.05, 4.69) is 59.4 Å². The van der Waals surface area contributed by atoms with Crippen LogP contribution in [0.3, 0.4) is 0 Å². The van der Waals surface area contributed by atoms with Gasteiger partial charge in [-0.1, -0.05) is 169 Å². The van der Waals surface area contributed by atoms with Crippen molar-refractivity contribution in [1.29, 1.82) is 0 Å². The third-order valence-corrected chi connectivity index (χ3v) is 18.9. The first-order valence-corrected chi connectivity index (χ1v) is 30.6. The fraction of sp³-hybridized carbons (Fsp3) is 0.921. The van der Waals surface area contributed by atoms with Gasteiger partial charge in [0.05, 0.1) is 6.61 Å². The van der Waals surface area contributed by atoms with E-state index < -0.39 is 0 Å². The second kappa shape index (κ2) is 33.1. The zero-order valence-corrected chi connectivity index (χ0v) is 47.5. The Bertz CT molecular complexity index is 1480. The van der Waals surface area contributed by atoms with E-state index in [1.165, 1.54) is 109 Å². The van der Waals surface area contributed by atoms with Gasteiger partial charge in [-0.2, -0.15) is 0 Å². The molecule has 0 aromatic heterocycles. The molecule has 70 heavy (non-hydrogen) atoms. The predicted octanol–water partition coefficient (Wildman–Crippen LogP) is 17.4. The minimum absolute atomic E-state index is 0.00769. The number of rotatable bonds is 38. The Morgan fingerprint density at radius 3 is 1.89 bits per heavy atom. The highest BCUT2D eigenvalue weighted by molar-refractivity contribution is 5.70. The van der Waals surface area contributed by atoms with Gasteiger partial charge in [0.1, 0.15) is 12.2 Å². The van der Waals surface area contributed by atoms with Crippen LogP contribution in [0, 0.1) is 52.3 Å². The van der Waals surface area contributed by atoms with Gasteiger partial charge >= 0.3 is 17.9 Å². The average molecular weight is 981 g/mol. The number of fused-ring (bicyclic) bond motifs is 5. The predicted molar refractivity (Wildman–Crippen MR) is 293 cm³/mol. The highest BCUT2D eigenvalue weighted by atomic mass is 16.5. The quantitative estimate of drug-likeness (QED) is 0.0264. The van der Waals surface area contributed by atoms with Gasteiger partial charge in [-0.05, 0) is 169 Å². The van der Waals surface area contributed by atoms with E-state index in [4.69, 9.17) is 14.2 Å². The van der Waals surface area contributed by atoms with Gasteiger partial charge < -0.3 is 19.1 Å². The first-order chi connectivity index (χ1) is 33.7. The lowest BCUT2D eigenvalue weighted by atomic mass is 9.47. The minimum atomic E-state index is -0.0692. The molecule has 0 spiro atoms. The van der Waals surface area contributed by atoms with E-state index in [0.29, 0.717) is 37.2 Å². The maximum atomic E-state index is 13.1. The van der Waals surface area contributed by atoms with Gasteiger partial charge in [-0.15, -0.1) is 0 Å². The number of nitrogens with zero attached hydrogens (tertiary/aromatic N) is 1. The Balaban J connectivity index is 1.09. The number of esters is 3. The molecule has 7 nitrogen and oxygen atoms in total. The van der Waals surface area contributed by atoms with Crippen molar-refractivity contribution in [2.45, 2.75) is 292 Å². The standard InChI is InChI=1S/C63H113NO6/c1-10-12-20-30-51(31-21-13-11-2)43-47-68-59(65)34-24-18-14-16-22-32-53(69-61(67)36-27-46-64(8)9)33-23-17-15-19-25-35-60(66)70-54-41-44-62(6)52(48-54)37-38-55-57-40-39-56(50(5)29-26-28-49(3)4)63(57,7)45-42-58(55)62/h37,49-51,53-58H,10-36,38-48H2,1-9H3/t50-,53?,54+,55?,56-,57?,58?,62+,63-/m1/s1. The van der Waals surface area contributed by atoms with Crippen LogP contribution in [-0.4, -0.2) is 62.3 Å². The third-order valence-electron chi connectivity index (χ3n) is 18.9. The summed E-state index contributed by atoms with van der Waals surface area (Å²) >= 11 is 0. The second-order valence-electron chi connectivity index (χ2n) is 25.1. The molecular formula is C63H113NO6. The molecule has 3 saturated carbocycles. The summed E-state index contributed by atoms with van der Waals surface area (Å²) in [7, 11) is 4.08. The Kier molecular flexibility index (Phi) is 28.7. The Morgan fingerprint density at radius 2 is 1.24 bits per heavy atom. The van der Waals surface area contributed by atoms with E-state index in [1.54, 1.807) is 5.57 Å². The number of hydrogen-bond donors (Lipinski definition) is 0. The Hall–Kier alpha value is -1.89. The molecule has 0 aromatic rings. The Morgan fingerprint density at radius 1 is 0.629 bits per heavy atom. The van der Waals surface area contributed by atoms with Crippen LogP contribution in [0.5, 0.6) is 0 Å². The maximum Gasteiger partial charge on any atom is 0.306 e. The molecule has 0 heterocycles. The first-order valence-electron chi connectivity index (χ1n) is 30.6. The lowest BCUT2D eigenvalue weighted by Crippen LogP contribution is -2.51. The Labute approximate surface area is 432 Å². The zero-order chi connectivity index (χ0) is 50.8. The summed E-state index contributed by atoms with van der Waals surface area (Å²) in [5.74, 6) is 5.63. The monoisotopic (exact) mass is 980 g/mol. The molecule has 4 rings (SSSR count). The maximum absolute atomic E-state index is 13.1. The lowest BCUT2D eigenvalue weighted by molar-refractivity contribution is -0.152. The fourth-order valence-electron chi connectivity index (χ4n) is 14.6. The van der Waals surface area contributed by atoms with Crippen LogP contribution in [0.25, 0.3) is 0 Å². The summed E-state index contributed by atoms with van der Waals surface area (Å²) in [6.07, 6.45) is 42.5. The molecule has 0 bridgehead atoms. The number of carbonyl (C=O) groups is 3. The van der Waals surface area contributed by atoms with Gasteiger partial charge in [-0.3, -0.25) is 14.4 Å². The molecule has 0 amide bonds. The summed E-state index contributed by atoms with van der Waals surface area (Å²) in [6.45, 7) is 18.6. The summed E-state index contributed by atoms with van der Waals surface area (Å²) in [5.41, 5.74) is 2.40. The molecule has 7 heteroatoms. The first kappa shape index (κ1) is 60.7. The van der Waals surface area contributed by atoms with Crippen LogP contribution in [-0.2, 0) is 28.6 Å². The molecular weight excluding hydrogens is 867 g/mol. The summed E-state index contributed by atoms with van der Waals surface area (Å²) < 4.78 is 17.9. The molecule has 0 aromatic carbocycles. The molecule has 0 saturated heterocycles. The normalized spacial score (nSPS) is 26.1. The van der Waals surface area contributed by atoms with E-state index in [1.807, 2.05) is 14.1 Å². The van der Waals surface area contributed by atoms with Crippen molar-refractivity contribution in [1.82, 2.24) is 4.90 Å². The fourth-order valence-corrected chi connectivity index (χ4v) is 14.6. The lowest BCUT2D eigenvalue weighted by Gasteiger charge is -2.58. The van der Waals surface area contributed by atoms with Crippen molar-refractivity contribution in [3.05, 3.63) is 11.6 Å². The van der Waals surface area contributed by atoms with Crippen LogP contribution in [0.15, 0.2) is 11.6 Å². The summed E-state index contributed by atoms with van der Waals surface area (Å²) in [4.78, 5) is 40.5. The third kappa shape index (κ3) is 20.8. The number of unbranched alkanes of at least 4 members (excludes halogenated alkanes) is 12. The van der Waals surface area contributed by atoms with Crippen LogP contribution < -0.4 is 0 Å². The molecule has 0 radical (unpaired) electrons. The van der Waals surface area contributed by atoms with Gasteiger partial charge in [0.2, 0.25) is 0 Å². The molecule has 0 aliphatic heterocycles. The van der Waals surface area contributed by atoms with Crippen molar-refractivity contribution >= 4 is 17.9 Å². The smallest absolute Gasteiger partial charge is 0.306 e. The van der Waals surface area contributed by atoms with E-state index in [9.17, 15) is 14.4 Å². The van der Waals surface area contributed by atoms with Crippen LogP contribution >= 0.6 is 0 Å². The highest BCUT2D eigenvalue weighted by Gasteiger charge is 2.59. The summed E-state index contributed by atoms with van der Waals surface area (Å²) in [6, 6.07) is 0. The van der Waals surface area contributed by atoms with Crippen molar-refractivity contribution in [3.63, 3.8) is 0 Å². The minimum Gasteiger partial charge on any atom is -0.466 e. The van der Waals surface area contributed by atoms with Crippen LogP contribution in [0.2, 0.25) is 0 Å². The van der Waals surface area contributed by atoms with Crippen LogP contribution in [0.1, 0.15) is 280 Å². The number of allylic oxidation sites excluding steroid dienone is 1. The molecule has 4 unspecified atom stereocenters. The van der Waals surface area contributed by atoms with Crippen molar-refractivity contribution in [3.8, 4) is 0 Å². The SMILES string of the molecule is CCCCCC(CCCCC)CCOC(=O)CCCCCCCC(CCCCCCCC(=O)O[C@H]1CC[C@@]2(C)C(=CCC3C2CC[C@@]2(C)C3CC[C@@H]2[C@H](C)CCCC(C)C)C1)OC(=O)CCCN(C)C. The largest absolute Gasteiger partial charge is 0.466 e. The molecule has 9 atom stereocenters. The van der Waals surface area contributed by atoms with Crippen LogP contribution in [0.4, 0.5) is 0 Å². The van der Waals surface area contributed by atoms with E-state index in [-0.39, 0.29) is 35.5 Å². The van der Waals surface area contributed by atoms with Crippen molar-refractivity contribution in [2.75, 3.05) is 27.2 Å². The highest BCUT2D eigenvalue weighted by Crippen LogP contribution is 2.67. The molecule has 3 fully saturated rings. The van der Waals surface area contributed by atoms with Gasteiger partial charge in [0, 0.05) is 25.7 Å². The summed E-state index contributed by atoms with van der Waals surface area (Å²) in [5, 5.41) is 0. The topological polar surface area (TPSA) is 82.1 Å². The van der Waals surface area contributed by atoms with Crippen molar-refractivity contribution in [2.24, 2.45) is 52.3 Å². The van der Waals surface area contributed by atoms with Gasteiger partial charge in [0.25, 0.3) is 0 Å². The number of hydrogen-bond acceptors (Lipinski definition) is 7. The average Bonchev–Trinajstić information content (AvgIpc) is 3.68.